The lowest BCUT2D eigenvalue weighted by atomic mass is 10.1. The number of amides is 1. The van der Waals surface area contributed by atoms with Gasteiger partial charge in [0.25, 0.3) is 5.91 Å². The number of likely N-dealkylation sites (N-methyl/N-ethyl adjacent to an activating group) is 1. The number of carbonyl (C=O) groups excluding carboxylic acids is 1. The number of hydrogen-bond acceptors (Lipinski definition) is 5. The molecule has 24 heavy (non-hydrogen) atoms. The van der Waals surface area contributed by atoms with Crippen LogP contribution in [0.3, 0.4) is 0 Å². The second-order valence-electron chi connectivity index (χ2n) is 6.09. The third kappa shape index (κ3) is 3.55. The molecule has 0 saturated heterocycles. The van der Waals surface area contributed by atoms with Gasteiger partial charge in [0, 0.05) is 6.54 Å². The first-order valence-electron chi connectivity index (χ1n) is 7.95. The highest BCUT2D eigenvalue weighted by molar-refractivity contribution is 7.07. The molecular weight excluding hydrogens is 324 g/mol. The SMILES string of the molecule is CC1Oc2ccccc2OC1C(=O)NCC(c1ccsc1)N(C)C. The van der Waals surface area contributed by atoms with Crippen molar-refractivity contribution in [3.8, 4) is 11.5 Å². The Balaban J connectivity index is 1.64. The van der Waals surface area contributed by atoms with Gasteiger partial charge in [-0.1, -0.05) is 12.1 Å². The van der Waals surface area contributed by atoms with Gasteiger partial charge in [0.05, 0.1) is 6.04 Å². The van der Waals surface area contributed by atoms with E-state index >= 15 is 0 Å². The highest BCUT2D eigenvalue weighted by Gasteiger charge is 2.34. The molecule has 0 bridgehead atoms. The number of rotatable bonds is 5. The van der Waals surface area contributed by atoms with E-state index in [-0.39, 0.29) is 18.1 Å². The predicted octanol–water partition coefficient (Wildman–Crippen LogP) is 2.70. The van der Waals surface area contributed by atoms with Crippen molar-refractivity contribution < 1.29 is 14.3 Å². The second-order valence-corrected chi connectivity index (χ2v) is 6.87. The highest BCUT2D eigenvalue weighted by atomic mass is 32.1. The zero-order valence-electron chi connectivity index (χ0n) is 14.1. The fourth-order valence-corrected chi connectivity index (χ4v) is 3.47. The lowest BCUT2D eigenvalue weighted by molar-refractivity contribution is -0.133. The molecule has 0 saturated carbocycles. The number of ether oxygens (including phenoxy) is 2. The maximum Gasteiger partial charge on any atom is 0.265 e. The number of para-hydroxylation sites is 2. The highest BCUT2D eigenvalue weighted by Crippen LogP contribution is 2.33. The van der Waals surface area contributed by atoms with E-state index in [2.05, 4.69) is 21.7 Å². The van der Waals surface area contributed by atoms with Crippen LogP contribution in [0.2, 0.25) is 0 Å². The maximum absolute atomic E-state index is 12.6. The summed E-state index contributed by atoms with van der Waals surface area (Å²) in [5.41, 5.74) is 1.20. The van der Waals surface area contributed by atoms with Crippen molar-refractivity contribution in [2.45, 2.75) is 25.2 Å². The zero-order chi connectivity index (χ0) is 17.1. The quantitative estimate of drug-likeness (QED) is 0.904. The molecule has 3 unspecified atom stereocenters. The van der Waals surface area contributed by atoms with E-state index < -0.39 is 6.10 Å². The first kappa shape index (κ1) is 16.8. The molecule has 1 aromatic carbocycles. The summed E-state index contributed by atoms with van der Waals surface area (Å²) in [5.74, 6) is 1.13. The molecule has 2 heterocycles. The van der Waals surface area contributed by atoms with Crippen LogP contribution in [-0.4, -0.2) is 43.7 Å². The molecule has 1 aromatic heterocycles. The van der Waals surface area contributed by atoms with Crippen LogP contribution in [0, 0.1) is 0 Å². The van der Waals surface area contributed by atoms with Crippen molar-refractivity contribution in [3.05, 3.63) is 46.7 Å². The second kappa shape index (κ2) is 7.23. The molecule has 0 aliphatic carbocycles. The van der Waals surface area contributed by atoms with E-state index in [0.717, 1.165) is 0 Å². The third-order valence-electron chi connectivity index (χ3n) is 4.12. The number of hydrogen-bond donors (Lipinski definition) is 1. The van der Waals surface area contributed by atoms with Gasteiger partial charge in [-0.15, -0.1) is 0 Å². The van der Waals surface area contributed by atoms with Crippen molar-refractivity contribution >= 4 is 17.2 Å². The number of carbonyl (C=O) groups is 1. The van der Waals surface area contributed by atoms with E-state index in [9.17, 15) is 4.79 Å². The van der Waals surface area contributed by atoms with Gasteiger partial charge < -0.3 is 19.7 Å². The maximum atomic E-state index is 12.6. The van der Waals surface area contributed by atoms with Crippen LogP contribution in [-0.2, 0) is 4.79 Å². The van der Waals surface area contributed by atoms with Gasteiger partial charge in [-0.3, -0.25) is 4.79 Å². The van der Waals surface area contributed by atoms with Crippen LogP contribution < -0.4 is 14.8 Å². The Morgan fingerprint density at radius 1 is 1.25 bits per heavy atom. The van der Waals surface area contributed by atoms with Gasteiger partial charge in [0.1, 0.15) is 6.10 Å². The Bertz CT molecular complexity index is 687. The number of thiophene rings is 1. The number of nitrogens with one attached hydrogen (secondary N) is 1. The first-order chi connectivity index (χ1) is 11.6. The molecule has 0 spiro atoms. The summed E-state index contributed by atoms with van der Waals surface area (Å²) in [6.45, 7) is 2.37. The Morgan fingerprint density at radius 2 is 1.96 bits per heavy atom. The first-order valence-corrected chi connectivity index (χ1v) is 8.89. The monoisotopic (exact) mass is 346 g/mol. The Hall–Kier alpha value is -2.05. The van der Waals surface area contributed by atoms with Gasteiger partial charge in [0.2, 0.25) is 6.10 Å². The largest absolute Gasteiger partial charge is 0.482 e. The van der Waals surface area contributed by atoms with Crippen molar-refractivity contribution in [1.29, 1.82) is 0 Å². The van der Waals surface area contributed by atoms with E-state index in [1.54, 1.807) is 11.3 Å². The van der Waals surface area contributed by atoms with E-state index in [1.165, 1.54) is 5.56 Å². The Morgan fingerprint density at radius 3 is 2.58 bits per heavy atom. The molecule has 3 atom stereocenters. The minimum absolute atomic E-state index is 0.132. The molecule has 3 rings (SSSR count). The normalized spacial score (nSPS) is 20.7. The summed E-state index contributed by atoms with van der Waals surface area (Å²) in [6, 6.07) is 9.63. The topological polar surface area (TPSA) is 50.8 Å². The molecule has 2 aromatic rings. The van der Waals surface area contributed by atoms with E-state index in [1.807, 2.05) is 50.7 Å². The molecule has 5 nitrogen and oxygen atoms in total. The summed E-state index contributed by atoms with van der Waals surface area (Å²) < 4.78 is 11.6. The lowest BCUT2D eigenvalue weighted by Gasteiger charge is -2.32. The fourth-order valence-electron chi connectivity index (χ4n) is 2.77. The van der Waals surface area contributed by atoms with Crippen molar-refractivity contribution in [2.24, 2.45) is 0 Å². The summed E-state index contributed by atoms with van der Waals surface area (Å²) in [7, 11) is 4.02. The summed E-state index contributed by atoms with van der Waals surface area (Å²) in [6.07, 6.45) is -0.982. The van der Waals surface area contributed by atoms with Crippen LogP contribution >= 0.6 is 11.3 Å². The molecule has 128 valence electrons. The summed E-state index contributed by atoms with van der Waals surface area (Å²) in [5, 5.41) is 7.16. The molecular formula is C18H22N2O3S. The molecule has 1 aliphatic rings. The summed E-state index contributed by atoms with van der Waals surface area (Å²) in [4.78, 5) is 14.7. The number of nitrogens with zero attached hydrogens (tertiary/aromatic N) is 1. The van der Waals surface area contributed by atoms with Gasteiger partial charge in [-0.2, -0.15) is 11.3 Å². The predicted molar refractivity (Wildman–Crippen MR) is 94.7 cm³/mol. The third-order valence-corrected chi connectivity index (χ3v) is 4.82. The van der Waals surface area contributed by atoms with Crippen LogP contribution in [0.5, 0.6) is 11.5 Å². The summed E-state index contributed by atoms with van der Waals surface area (Å²) >= 11 is 1.66. The van der Waals surface area contributed by atoms with Gasteiger partial charge in [-0.05, 0) is 55.5 Å². The van der Waals surface area contributed by atoms with Gasteiger partial charge in [0.15, 0.2) is 11.5 Å². The molecule has 1 amide bonds. The Labute approximate surface area is 146 Å². The minimum atomic E-state index is -0.648. The van der Waals surface area contributed by atoms with Crippen molar-refractivity contribution in [2.75, 3.05) is 20.6 Å². The average molecular weight is 346 g/mol. The van der Waals surface area contributed by atoms with Crippen LogP contribution in [0.1, 0.15) is 18.5 Å². The zero-order valence-corrected chi connectivity index (χ0v) is 14.9. The molecule has 6 heteroatoms. The van der Waals surface area contributed by atoms with Crippen LogP contribution in [0.15, 0.2) is 41.1 Å². The smallest absolute Gasteiger partial charge is 0.265 e. The van der Waals surface area contributed by atoms with E-state index in [0.29, 0.717) is 18.0 Å². The molecule has 1 aliphatic heterocycles. The average Bonchev–Trinajstić information content (AvgIpc) is 3.08. The van der Waals surface area contributed by atoms with Crippen molar-refractivity contribution in [3.63, 3.8) is 0 Å². The number of fused-ring (bicyclic) bond motifs is 1. The van der Waals surface area contributed by atoms with Gasteiger partial charge in [-0.25, -0.2) is 0 Å². The molecule has 0 fully saturated rings. The fraction of sp³-hybridized carbons (Fsp3) is 0.389. The van der Waals surface area contributed by atoms with E-state index in [4.69, 9.17) is 9.47 Å². The van der Waals surface area contributed by atoms with Crippen LogP contribution in [0.4, 0.5) is 0 Å². The number of benzene rings is 1. The standard InChI is InChI=1S/C18H22N2O3S/c1-12-17(23-16-7-5-4-6-15(16)22-12)18(21)19-10-14(20(2)3)13-8-9-24-11-13/h4-9,11-12,14,17H,10H2,1-3H3,(H,19,21). The molecule has 1 N–H and O–H groups in total. The van der Waals surface area contributed by atoms with Gasteiger partial charge >= 0.3 is 0 Å². The minimum Gasteiger partial charge on any atom is -0.482 e. The molecule has 0 radical (unpaired) electrons. The van der Waals surface area contributed by atoms with Crippen molar-refractivity contribution in [1.82, 2.24) is 10.2 Å². The Kier molecular flexibility index (Phi) is 5.06. The van der Waals surface area contributed by atoms with Crippen LogP contribution in [0.25, 0.3) is 0 Å². The lowest BCUT2D eigenvalue weighted by Crippen LogP contribution is -2.50.